The van der Waals surface area contributed by atoms with E-state index in [4.69, 9.17) is 9.15 Å². The van der Waals surface area contributed by atoms with Crippen molar-refractivity contribution in [1.29, 1.82) is 0 Å². The summed E-state index contributed by atoms with van der Waals surface area (Å²) in [5, 5.41) is 13.1. The van der Waals surface area contributed by atoms with Gasteiger partial charge in [0.25, 0.3) is 0 Å². The van der Waals surface area contributed by atoms with Crippen LogP contribution in [0.1, 0.15) is 32.4 Å². The highest BCUT2D eigenvalue weighted by Gasteiger charge is 2.50. The molecule has 0 aromatic carbocycles. The first-order valence-corrected chi connectivity index (χ1v) is 8.25. The van der Waals surface area contributed by atoms with Crippen molar-refractivity contribution in [3.63, 3.8) is 0 Å². The van der Waals surface area contributed by atoms with Gasteiger partial charge in [0, 0.05) is 6.54 Å². The Hall–Kier alpha value is -1.10. The van der Waals surface area contributed by atoms with E-state index in [1.54, 1.807) is 6.26 Å². The van der Waals surface area contributed by atoms with Crippen molar-refractivity contribution in [3.05, 3.63) is 35.8 Å². The predicted octanol–water partition coefficient (Wildman–Crippen LogP) is 2.74. The van der Waals surface area contributed by atoms with Crippen molar-refractivity contribution in [1.82, 2.24) is 5.32 Å². The van der Waals surface area contributed by atoms with Gasteiger partial charge in [-0.3, -0.25) is 0 Å². The Kier molecular flexibility index (Phi) is 4.71. The maximum atomic E-state index is 9.95. The van der Waals surface area contributed by atoms with Gasteiger partial charge in [0.15, 0.2) is 0 Å². The summed E-state index contributed by atoms with van der Waals surface area (Å²) >= 11 is 0. The molecular weight excluding hydrogens is 278 g/mol. The second kappa shape index (κ2) is 6.57. The molecule has 0 radical (unpaired) electrons. The molecule has 1 aromatic heterocycles. The molecule has 3 aliphatic rings. The Morgan fingerprint density at radius 3 is 3.05 bits per heavy atom. The van der Waals surface area contributed by atoms with Gasteiger partial charge < -0.3 is 19.6 Å². The molecule has 0 unspecified atom stereocenters. The third-order valence-electron chi connectivity index (χ3n) is 5.42. The van der Waals surface area contributed by atoms with Crippen LogP contribution < -0.4 is 5.32 Å². The molecule has 0 spiro atoms. The summed E-state index contributed by atoms with van der Waals surface area (Å²) in [7, 11) is 0. The van der Waals surface area contributed by atoms with E-state index < -0.39 is 6.10 Å². The van der Waals surface area contributed by atoms with Crippen LogP contribution in [0.3, 0.4) is 0 Å². The topological polar surface area (TPSA) is 54.6 Å². The fourth-order valence-corrected chi connectivity index (χ4v) is 3.79. The Labute approximate surface area is 132 Å². The normalized spacial score (nSPS) is 27.1. The molecular formula is C18H27NO3. The summed E-state index contributed by atoms with van der Waals surface area (Å²) < 4.78 is 11.0. The molecule has 3 atom stereocenters. The van der Waals surface area contributed by atoms with E-state index in [0.717, 1.165) is 11.7 Å². The highest BCUT2D eigenvalue weighted by molar-refractivity contribution is 5.23. The first-order chi connectivity index (χ1) is 10.6. The van der Waals surface area contributed by atoms with Gasteiger partial charge in [-0.1, -0.05) is 19.9 Å². The Balaban J connectivity index is 1.32. The number of hydrogen-bond acceptors (Lipinski definition) is 4. The summed E-state index contributed by atoms with van der Waals surface area (Å²) in [6, 6.07) is 3.78. The molecule has 2 N–H and O–H groups in total. The molecule has 4 heteroatoms. The van der Waals surface area contributed by atoms with Gasteiger partial charge >= 0.3 is 0 Å². The van der Waals surface area contributed by atoms with Gasteiger partial charge in [-0.25, -0.2) is 0 Å². The lowest BCUT2D eigenvalue weighted by Gasteiger charge is -2.56. The Bertz CT molecular complexity index is 506. The van der Waals surface area contributed by atoms with E-state index in [1.165, 1.54) is 18.4 Å². The number of furan rings is 1. The van der Waals surface area contributed by atoms with Gasteiger partial charge in [-0.05, 0) is 47.8 Å². The molecule has 4 nitrogen and oxygen atoms in total. The number of fused-ring (bicyclic) bond motifs is 1. The van der Waals surface area contributed by atoms with Crippen LogP contribution in [0.25, 0.3) is 0 Å². The van der Waals surface area contributed by atoms with Gasteiger partial charge in [0.05, 0.1) is 32.1 Å². The minimum atomic E-state index is -0.485. The lowest BCUT2D eigenvalue weighted by Crippen LogP contribution is -2.48. The monoisotopic (exact) mass is 305 g/mol. The number of rotatable bonds is 8. The van der Waals surface area contributed by atoms with E-state index in [2.05, 4.69) is 25.2 Å². The molecule has 4 rings (SSSR count). The third kappa shape index (κ3) is 3.29. The summed E-state index contributed by atoms with van der Waals surface area (Å²) in [6.07, 6.45) is 6.03. The van der Waals surface area contributed by atoms with Crippen molar-refractivity contribution < 1.29 is 14.3 Å². The lowest BCUT2D eigenvalue weighted by molar-refractivity contribution is -0.0235. The number of ether oxygens (including phenoxy) is 1. The first kappa shape index (κ1) is 15.8. The molecule has 22 heavy (non-hydrogen) atoms. The summed E-state index contributed by atoms with van der Waals surface area (Å²) in [5.74, 6) is 2.42. The van der Waals surface area contributed by atoms with Crippen LogP contribution in [0.2, 0.25) is 0 Å². The van der Waals surface area contributed by atoms with Gasteiger partial charge in [-0.15, -0.1) is 0 Å². The molecule has 1 fully saturated rings. The van der Waals surface area contributed by atoms with Gasteiger partial charge in [0.2, 0.25) is 0 Å². The van der Waals surface area contributed by atoms with Crippen LogP contribution in [-0.2, 0) is 11.3 Å². The molecule has 3 aliphatic carbocycles. The molecule has 122 valence electrons. The summed E-state index contributed by atoms with van der Waals surface area (Å²) in [5.41, 5.74) is 1.87. The quantitative estimate of drug-likeness (QED) is 0.725. The summed E-state index contributed by atoms with van der Waals surface area (Å²) in [4.78, 5) is 0. The molecule has 0 amide bonds. The minimum Gasteiger partial charge on any atom is -0.468 e. The number of aliphatic hydroxyl groups excluding tert-OH is 1. The first-order valence-electron chi connectivity index (χ1n) is 8.25. The molecule has 1 heterocycles. The largest absolute Gasteiger partial charge is 0.468 e. The molecule has 0 aliphatic heterocycles. The maximum Gasteiger partial charge on any atom is 0.117 e. The van der Waals surface area contributed by atoms with Crippen LogP contribution >= 0.6 is 0 Å². The standard InChI is InChI=1S/C18H27NO3/c1-18(2)14-6-5-13(17(18)8-14)11-21-12-15(20)9-19-10-16-4-3-7-22-16/h3-5,7,14-15,17,19-20H,6,8-12H2,1-2H3/t14-,15-,17-/m1/s1. The maximum absolute atomic E-state index is 9.95. The van der Waals surface area contributed by atoms with Crippen molar-refractivity contribution in [3.8, 4) is 0 Å². The zero-order chi connectivity index (χ0) is 15.6. The lowest BCUT2D eigenvalue weighted by atomic mass is 9.49. The third-order valence-corrected chi connectivity index (χ3v) is 5.42. The van der Waals surface area contributed by atoms with Gasteiger partial charge in [0.1, 0.15) is 5.76 Å². The average molecular weight is 305 g/mol. The zero-order valence-corrected chi connectivity index (χ0v) is 13.5. The predicted molar refractivity (Wildman–Crippen MR) is 85.3 cm³/mol. The van der Waals surface area contributed by atoms with E-state index in [-0.39, 0.29) is 0 Å². The highest BCUT2D eigenvalue weighted by Crippen LogP contribution is 2.59. The SMILES string of the molecule is CC1(C)[C@@H]2CC=C(COC[C@H](O)CNCc3ccco3)[C@H]1C2. The van der Waals surface area contributed by atoms with E-state index >= 15 is 0 Å². The Morgan fingerprint density at radius 2 is 2.36 bits per heavy atom. The number of allylic oxidation sites excluding steroid dienone is 1. The molecule has 1 aromatic rings. The van der Waals surface area contributed by atoms with Crippen LogP contribution in [0, 0.1) is 17.3 Å². The number of nitrogens with one attached hydrogen (secondary N) is 1. The van der Waals surface area contributed by atoms with E-state index in [1.807, 2.05) is 12.1 Å². The van der Waals surface area contributed by atoms with Crippen molar-refractivity contribution in [2.75, 3.05) is 19.8 Å². The zero-order valence-electron chi connectivity index (χ0n) is 13.5. The van der Waals surface area contributed by atoms with Crippen LogP contribution in [0.15, 0.2) is 34.5 Å². The fraction of sp³-hybridized carbons (Fsp3) is 0.667. The number of hydrogen-bond donors (Lipinski definition) is 2. The minimum absolute atomic E-state index is 0.374. The van der Waals surface area contributed by atoms with Crippen LogP contribution in [0.5, 0.6) is 0 Å². The Morgan fingerprint density at radius 1 is 1.50 bits per heavy atom. The van der Waals surface area contributed by atoms with Crippen LogP contribution in [0.4, 0.5) is 0 Å². The number of aliphatic hydroxyl groups is 1. The molecule has 0 saturated heterocycles. The van der Waals surface area contributed by atoms with E-state index in [0.29, 0.717) is 37.6 Å². The van der Waals surface area contributed by atoms with Crippen molar-refractivity contribution in [2.45, 2.75) is 39.3 Å². The van der Waals surface area contributed by atoms with Crippen LogP contribution in [-0.4, -0.2) is 31.0 Å². The second-order valence-electron chi connectivity index (χ2n) is 7.20. The second-order valence-corrected chi connectivity index (χ2v) is 7.20. The van der Waals surface area contributed by atoms with Crippen molar-refractivity contribution >= 4 is 0 Å². The highest BCUT2D eigenvalue weighted by atomic mass is 16.5. The summed E-state index contributed by atoms with van der Waals surface area (Å²) in [6.45, 7) is 6.91. The van der Waals surface area contributed by atoms with E-state index in [9.17, 15) is 5.11 Å². The smallest absolute Gasteiger partial charge is 0.117 e. The van der Waals surface area contributed by atoms with Gasteiger partial charge in [-0.2, -0.15) is 0 Å². The molecule has 2 bridgehead atoms. The average Bonchev–Trinajstić information content (AvgIpc) is 3.00. The molecule has 1 saturated carbocycles. The fourth-order valence-electron chi connectivity index (χ4n) is 3.79. The van der Waals surface area contributed by atoms with Crippen molar-refractivity contribution in [2.24, 2.45) is 17.3 Å².